The molecule has 0 amide bonds. The van der Waals surface area contributed by atoms with E-state index in [1.807, 2.05) is 26.1 Å². The smallest absolute Gasteiger partial charge is 0.137 e. The molecule has 0 radical (unpaired) electrons. The van der Waals surface area contributed by atoms with Crippen molar-refractivity contribution in [1.82, 2.24) is 5.32 Å². The average molecular weight is 274 g/mol. The summed E-state index contributed by atoms with van der Waals surface area (Å²) in [6.07, 6.45) is 1.26. The van der Waals surface area contributed by atoms with E-state index < -0.39 is 0 Å². The van der Waals surface area contributed by atoms with Crippen LogP contribution < -0.4 is 5.32 Å². The maximum absolute atomic E-state index is 11.8. The minimum absolute atomic E-state index is 0.00208. The van der Waals surface area contributed by atoms with Gasteiger partial charge in [0.15, 0.2) is 0 Å². The first-order chi connectivity index (χ1) is 8.08. The summed E-state index contributed by atoms with van der Waals surface area (Å²) in [5.41, 5.74) is 1.04. The fraction of sp³-hybridized carbons (Fsp3) is 0.462. The minimum atomic E-state index is 0.00208. The lowest BCUT2D eigenvalue weighted by Crippen LogP contribution is -2.27. The molecule has 0 aliphatic heterocycles. The second-order valence-corrected chi connectivity index (χ2v) is 4.84. The van der Waals surface area contributed by atoms with Crippen molar-refractivity contribution in [2.24, 2.45) is 5.92 Å². The van der Waals surface area contributed by atoms with Crippen LogP contribution in [0.3, 0.4) is 0 Å². The molecule has 1 N–H and O–H groups in total. The average Bonchev–Trinajstić information content (AvgIpc) is 2.32. The summed E-state index contributed by atoms with van der Waals surface area (Å²) in [6.45, 7) is 2.58. The highest BCUT2D eigenvalue weighted by Crippen LogP contribution is 2.24. The van der Waals surface area contributed by atoms with E-state index in [1.165, 1.54) is 0 Å². The lowest BCUT2D eigenvalue weighted by atomic mass is 9.94. The number of halogens is 2. The number of hydrogen-bond acceptors (Lipinski definition) is 2. The molecule has 0 aliphatic rings. The molecule has 0 saturated heterocycles. The van der Waals surface area contributed by atoms with Crippen LogP contribution in [0.1, 0.15) is 18.9 Å². The Morgan fingerprint density at radius 3 is 2.59 bits per heavy atom. The zero-order chi connectivity index (χ0) is 12.8. The predicted molar refractivity (Wildman–Crippen MR) is 72.9 cm³/mol. The van der Waals surface area contributed by atoms with Gasteiger partial charge in [-0.3, -0.25) is 4.79 Å². The van der Waals surface area contributed by atoms with E-state index in [4.69, 9.17) is 23.2 Å². The van der Waals surface area contributed by atoms with Gasteiger partial charge in [0.25, 0.3) is 0 Å². The van der Waals surface area contributed by atoms with Gasteiger partial charge in [-0.25, -0.2) is 0 Å². The number of Topliss-reactive ketones (excluding diaryl/α,β-unsaturated/α-hetero) is 1. The van der Waals surface area contributed by atoms with Gasteiger partial charge in [-0.15, -0.1) is 0 Å². The number of rotatable bonds is 6. The highest BCUT2D eigenvalue weighted by molar-refractivity contribution is 6.42. The van der Waals surface area contributed by atoms with Crippen LogP contribution >= 0.6 is 23.2 Å². The summed E-state index contributed by atoms with van der Waals surface area (Å²) in [5.74, 6) is 0.271. The van der Waals surface area contributed by atoms with Crippen LogP contribution in [0.2, 0.25) is 10.0 Å². The monoisotopic (exact) mass is 273 g/mol. The molecule has 1 aromatic carbocycles. The van der Waals surface area contributed by atoms with Crippen LogP contribution in [0, 0.1) is 5.92 Å². The summed E-state index contributed by atoms with van der Waals surface area (Å²) in [6, 6.07) is 5.52. The van der Waals surface area contributed by atoms with E-state index >= 15 is 0 Å². The largest absolute Gasteiger partial charge is 0.319 e. The molecule has 2 nitrogen and oxygen atoms in total. The van der Waals surface area contributed by atoms with Crippen molar-refractivity contribution in [2.45, 2.75) is 19.8 Å². The fourth-order valence-corrected chi connectivity index (χ4v) is 2.11. The Kier molecular flexibility index (Phi) is 5.96. The molecular formula is C13H17Cl2NO. The topological polar surface area (TPSA) is 29.1 Å². The van der Waals surface area contributed by atoms with E-state index in [-0.39, 0.29) is 11.7 Å². The summed E-state index contributed by atoms with van der Waals surface area (Å²) in [7, 11) is 1.85. The first kappa shape index (κ1) is 14.5. The Bertz CT molecular complexity index is 393. The van der Waals surface area contributed by atoms with Crippen LogP contribution in [0.4, 0.5) is 0 Å². The maximum Gasteiger partial charge on any atom is 0.137 e. The number of benzene rings is 1. The standard InChI is InChI=1S/C13H17Cl2NO/c1-3-13(17)10(8-16-2)6-9-4-5-11(14)12(15)7-9/h4-5,7,10,16H,3,6,8H2,1-2H3. The molecule has 94 valence electrons. The van der Waals surface area contributed by atoms with Crippen LogP contribution in [0.5, 0.6) is 0 Å². The molecule has 0 bridgehead atoms. The van der Waals surface area contributed by atoms with E-state index in [0.29, 0.717) is 29.4 Å². The Morgan fingerprint density at radius 2 is 2.06 bits per heavy atom. The highest BCUT2D eigenvalue weighted by atomic mass is 35.5. The van der Waals surface area contributed by atoms with Crippen molar-refractivity contribution >= 4 is 29.0 Å². The van der Waals surface area contributed by atoms with Gasteiger partial charge in [-0.1, -0.05) is 36.2 Å². The Balaban J connectivity index is 2.78. The maximum atomic E-state index is 11.8. The zero-order valence-electron chi connectivity index (χ0n) is 10.1. The number of nitrogens with one attached hydrogen (secondary N) is 1. The Morgan fingerprint density at radius 1 is 1.35 bits per heavy atom. The summed E-state index contributed by atoms with van der Waals surface area (Å²) in [4.78, 5) is 11.8. The van der Waals surface area contributed by atoms with Gasteiger partial charge in [0.05, 0.1) is 10.0 Å². The molecule has 1 rings (SSSR count). The second kappa shape index (κ2) is 7.00. The molecule has 0 aliphatic carbocycles. The van der Waals surface area contributed by atoms with Crippen molar-refractivity contribution < 1.29 is 4.79 Å². The van der Waals surface area contributed by atoms with Crippen LogP contribution in [0.25, 0.3) is 0 Å². The number of ketones is 1. The number of carbonyl (C=O) groups excluding carboxylic acids is 1. The highest BCUT2D eigenvalue weighted by Gasteiger charge is 2.16. The van der Waals surface area contributed by atoms with Gasteiger partial charge in [0.2, 0.25) is 0 Å². The normalized spacial score (nSPS) is 12.5. The van der Waals surface area contributed by atoms with E-state index in [1.54, 1.807) is 6.07 Å². The molecular weight excluding hydrogens is 257 g/mol. The van der Waals surface area contributed by atoms with Gasteiger partial charge in [0.1, 0.15) is 5.78 Å². The van der Waals surface area contributed by atoms with Gasteiger partial charge in [0, 0.05) is 18.9 Å². The molecule has 17 heavy (non-hydrogen) atoms. The third-order valence-electron chi connectivity index (χ3n) is 2.72. The quantitative estimate of drug-likeness (QED) is 0.861. The Hall–Kier alpha value is -0.570. The van der Waals surface area contributed by atoms with Gasteiger partial charge >= 0.3 is 0 Å². The van der Waals surface area contributed by atoms with Gasteiger partial charge in [-0.05, 0) is 31.2 Å². The molecule has 0 saturated carbocycles. The molecule has 0 heterocycles. The van der Waals surface area contributed by atoms with E-state index in [2.05, 4.69) is 5.32 Å². The molecule has 1 aromatic rings. The first-order valence-corrected chi connectivity index (χ1v) is 6.45. The first-order valence-electron chi connectivity index (χ1n) is 5.69. The fourth-order valence-electron chi connectivity index (χ4n) is 1.79. The van der Waals surface area contributed by atoms with Crippen LogP contribution in [-0.4, -0.2) is 19.4 Å². The van der Waals surface area contributed by atoms with Gasteiger partial charge < -0.3 is 5.32 Å². The zero-order valence-corrected chi connectivity index (χ0v) is 11.6. The van der Waals surface area contributed by atoms with E-state index in [9.17, 15) is 4.79 Å². The van der Waals surface area contributed by atoms with Crippen molar-refractivity contribution in [3.05, 3.63) is 33.8 Å². The molecule has 0 spiro atoms. The van der Waals surface area contributed by atoms with Crippen molar-refractivity contribution in [1.29, 1.82) is 0 Å². The van der Waals surface area contributed by atoms with Crippen LogP contribution in [0.15, 0.2) is 18.2 Å². The summed E-state index contributed by atoms with van der Waals surface area (Å²) >= 11 is 11.8. The lowest BCUT2D eigenvalue weighted by Gasteiger charge is -2.15. The second-order valence-electron chi connectivity index (χ2n) is 4.03. The Labute approximate surface area is 112 Å². The molecule has 4 heteroatoms. The minimum Gasteiger partial charge on any atom is -0.319 e. The summed E-state index contributed by atoms with van der Waals surface area (Å²) < 4.78 is 0. The van der Waals surface area contributed by atoms with Crippen molar-refractivity contribution in [3.63, 3.8) is 0 Å². The molecule has 1 atom stereocenters. The number of carbonyl (C=O) groups is 1. The SMILES string of the molecule is CCC(=O)C(CNC)Cc1ccc(Cl)c(Cl)c1. The molecule has 0 aromatic heterocycles. The van der Waals surface area contributed by atoms with Crippen LogP contribution in [-0.2, 0) is 11.2 Å². The molecule has 1 unspecified atom stereocenters. The van der Waals surface area contributed by atoms with E-state index in [0.717, 1.165) is 5.56 Å². The van der Waals surface area contributed by atoms with Crippen molar-refractivity contribution in [3.8, 4) is 0 Å². The van der Waals surface area contributed by atoms with Crippen molar-refractivity contribution in [2.75, 3.05) is 13.6 Å². The number of hydrogen-bond donors (Lipinski definition) is 1. The third kappa shape index (κ3) is 4.30. The third-order valence-corrected chi connectivity index (χ3v) is 3.46. The summed E-state index contributed by atoms with van der Waals surface area (Å²) in [5, 5.41) is 4.13. The molecule has 0 fully saturated rings. The lowest BCUT2D eigenvalue weighted by molar-refractivity contribution is -0.122. The predicted octanol–water partition coefficient (Wildman–Crippen LogP) is 3.35. The van der Waals surface area contributed by atoms with Gasteiger partial charge in [-0.2, -0.15) is 0 Å².